The highest BCUT2D eigenvalue weighted by Gasteiger charge is 2.09. The Hall–Kier alpha value is -1.31. The van der Waals surface area contributed by atoms with Crippen LogP contribution in [0.5, 0.6) is 0 Å². The van der Waals surface area contributed by atoms with Crippen molar-refractivity contribution in [2.75, 3.05) is 0 Å². The topological polar surface area (TPSA) is 43.1 Å². The van der Waals surface area contributed by atoms with E-state index in [-0.39, 0.29) is 5.91 Å². The monoisotopic (exact) mass is 205 g/mol. The van der Waals surface area contributed by atoms with Crippen molar-refractivity contribution in [3.63, 3.8) is 0 Å². The number of hydrogen-bond acceptors (Lipinski definition) is 1. The van der Waals surface area contributed by atoms with Gasteiger partial charge in [-0.3, -0.25) is 4.79 Å². The Labute approximate surface area is 91.5 Å². The summed E-state index contributed by atoms with van der Waals surface area (Å²) in [5.41, 5.74) is 10.1. The van der Waals surface area contributed by atoms with Crippen LogP contribution in [-0.2, 0) is 11.2 Å². The molecular weight excluding hydrogens is 186 g/mol. The number of rotatable bonds is 3. The van der Waals surface area contributed by atoms with Gasteiger partial charge in [0.15, 0.2) is 0 Å². The second kappa shape index (κ2) is 4.47. The average molecular weight is 205 g/mol. The summed E-state index contributed by atoms with van der Waals surface area (Å²) in [7, 11) is 0. The Bertz CT molecular complexity index is 357. The molecular formula is C13H19NO. The number of carbonyl (C=O) groups excluding carboxylic acids is 1. The van der Waals surface area contributed by atoms with E-state index in [2.05, 4.69) is 39.8 Å². The largest absolute Gasteiger partial charge is 0.369 e. The van der Waals surface area contributed by atoms with Crippen molar-refractivity contribution in [1.29, 1.82) is 0 Å². The zero-order chi connectivity index (χ0) is 11.6. The third-order valence-corrected chi connectivity index (χ3v) is 2.61. The Morgan fingerprint density at radius 3 is 2.07 bits per heavy atom. The lowest BCUT2D eigenvalue weighted by atomic mass is 9.91. The van der Waals surface area contributed by atoms with Crippen LogP contribution in [0.15, 0.2) is 12.1 Å². The van der Waals surface area contributed by atoms with Crippen molar-refractivity contribution in [3.8, 4) is 0 Å². The lowest BCUT2D eigenvalue weighted by Gasteiger charge is -2.15. The van der Waals surface area contributed by atoms with Gasteiger partial charge in [0.2, 0.25) is 5.91 Å². The zero-order valence-corrected chi connectivity index (χ0v) is 9.92. The Morgan fingerprint density at radius 2 is 1.73 bits per heavy atom. The molecule has 0 aliphatic heterocycles. The first-order valence-corrected chi connectivity index (χ1v) is 5.30. The van der Waals surface area contributed by atoms with Gasteiger partial charge >= 0.3 is 0 Å². The van der Waals surface area contributed by atoms with Gasteiger partial charge in [-0.05, 0) is 42.0 Å². The molecule has 0 heterocycles. The van der Waals surface area contributed by atoms with E-state index in [1.165, 1.54) is 16.7 Å². The van der Waals surface area contributed by atoms with Gasteiger partial charge in [-0.2, -0.15) is 0 Å². The fourth-order valence-electron chi connectivity index (χ4n) is 2.28. The van der Waals surface area contributed by atoms with Crippen molar-refractivity contribution in [2.45, 2.75) is 40.0 Å². The maximum Gasteiger partial charge on any atom is 0.221 e. The fraction of sp³-hybridized carbons (Fsp3) is 0.462. The summed E-state index contributed by atoms with van der Waals surface area (Å²) in [5.74, 6) is 0.249. The predicted octanol–water partition coefficient (Wildman–Crippen LogP) is 2.45. The second-order valence-electron chi connectivity index (χ2n) is 4.44. The molecule has 0 saturated carbocycles. The molecule has 0 bridgehead atoms. The first-order chi connectivity index (χ1) is 6.91. The SMILES string of the molecule is Cc1cc(CC(N)=O)cc(C)c1C(C)C. The average Bonchev–Trinajstić information content (AvgIpc) is 1.99. The van der Waals surface area contributed by atoms with Crippen LogP contribution in [-0.4, -0.2) is 5.91 Å². The van der Waals surface area contributed by atoms with Gasteiger partial charge in [0, 0.05) is 0 Å². The van der Waals surface area contributed by atoms with Crippen LogP contribution in [0.3, 0.4) is 0 Å². The molecule has 0 atom stereocenters. The molecule has 0 saturated heterocycles. The molecule has 0 aliphatic rings. The van der Waals surface area contributed by atoms with Crippen LogP contribution < -0.4 is 5.73 Å². The van der Waals surface area contributed by atoms with E-state index in [1.807, 2.05) is 0 Å². The summed E-state index contributed by atoms with van der Waals surface area (Å²) in [4.78, 5) is 10.8. The van der Waals surface area contributed by atoms with Crippen molar-refractivity contribution >= 4 is 5.91 Å². The van der Waals surface area contributed by atoms with Crippen molar-refractivity contribution < 1.29 is 4.79 Å². The molecule has 0 fully saturated rings. The van der Waals surface area contributed by atoms with Gasteiger partial charge in [-0.25, -0.2) is 0 Å². The first kappa shape index (κ1) is 11.8. The maximum atomic E-state index is 10.8. The second-order valence-corrected chi connectivity index (χ2v) is 4.44. The smallest absolute Gasteiger partial charge is 0.221 e. The van der Waals surface area contributed by atoms with Crippen LogP contribution >= 0.6 is 0 Å². The number of hydrogen-bond donors (Lipinski definition) is 1. The highest BCUT2D eigenvalue weighted by molar-refractivity contribution is 5.76. The normalized spacial score (nSPS) is 10.7. The molecule has 1 aromatic rings. The van der Waals surface area contributed by atoms with Crippen LogP contribution in [0, 0.1) is 13.8 Å². The number of amides is 1. The van der Waals surface area contributed by atoms with Crippen molar-refractivity contribution in [3.05, 3.63) is 34.4 Å². The molecule has 0 radical (unpaired) electrons. The summed E-state index contributed by atoms with van der Waals surface area (Å²) in [6.45, 7) is 8.55. The summed E-state index contributed by atoms with van der Waals surface area (Å²) in [6, 6.07) is 4.13. The Balaban J connectivity index is 3.13. The summed E-state index contributed by atoms with van der Waals surface area (Å²) in [5, 5.41) is 0. The van der Waals surface area contributed by atoms with E-state index in [4.69, 9.17) is 5.73 Å². The molecule has 82 valence electrons. The molecule has 2 N–H and O–H groups in total. The minimum atomic E-state index is -0.272. The van der Waals surface area contributed by atoms with Gasteiger partial charge in [-0.1, -0.05) is 26.0 Å². The third-order valence-electron chi connectivity index (χ3n) is 2.61. The first-order valence-electron chi connectivity index (χ1n) is 5.30. The Kier molecular flexibility index (Phi) is 3.51. The number of nitrogens with two attached hydrogens (primary N) is 1. The van der Waals surface area contributed by atoms with E-state index in [1.54, 1.807) is 0 Å². The highest BCUT2D eigenvalue weighted by Crippen LogP contribution is 2.24. The van der Waals surface area contributed by atoms with Gasteiger partial charge in [0.25, 0.3) is 0 Å². The molecule has 1 amide bonds. The molecule has 15 heavy (non-hydrogen) atoms. The van der Waals surface area contributed by atoms with Gasteiger partial charge in [0.05, 0.1) is 6.42 Å². The molecule has 0 spiro atoms. The maximum absolute atomic E-state index is 10.8. The van der Waals surface area contributed by atoms with E-state index in [9.17, 15) is 4.79 Å². The molecule has 0 aliphatic carbocycles. The number of aryl methyl sites for hydroxylation is 2. The minimum Gasteiger partial charge on any atom is -0.369 e. The van der Waals surface area contributed by atoms with E-state index >= 15 is 0 Å². The van der Waals surface area contributed by atoms with Crippen molar-refractivity contribution in [1.82, 2.24) is 0 Å². The van der Waals surface area contributed by atoms with Gasteiger partial charge < -0.3 is 5.73 Å². The minimum absolute atomic E-state index is 0.272. The zero-order valence-electron chi connectivity index (χ0n) is 9.92. The van der Waals surface area contributed by atoms with Crippen LogP contribution in [0.2, 0.25) is 0 Å². The standard InChI is InChI=1S/C13H19NO/c1-8(2)13-9(3)5-11(6-10(13)4)7-12(14)15/h5-6,8H,7H2,1-4H3,(H2,14,15). The molecule has 1 rings (SSSR count). The van der Waals surface area contributed by atoms with Crippen molar-refractivity contribution in [2.24, 2.45) is 5.73 Å². The van der Waals surface area contributed by atoms with Gasteiger partial charge in [0.1, 0.15) is 0 Å². The quantitative estimate of drug-likeness (QED) is 0.809. The molecule has 1 aromatic carbocycles. The molecule has 0 unspecified atom stereocenters. The van der Waals surface area contributed by atoms with Crippen LogP contribution in [0.25, 0.3) is 0 Å². The van der Waals surface area contributed by atoms with Gasteiger partial charge in [-0.15, -0.1) is 0 Å². The molecule has 0 aromatic heterocycles. The predicted molar refractivity (Wildman–Crippen MR) is 62.9 cm³/mol. The molecule has 2 nitrogen and oxygen atoms in total. The van der Waals surface area contributed by atoms with E-state index in [0.717, 1.165) is 5.56 Å². The number of primary amides is 1. The van der Waals surface area contributed by atoms with Crippen LogP contribution in [0.4, 0.5) is 0 Å². The van der Waals surface area contributed by atoms with E-state index < -0.39 is 0 Å². The highest BCUT2D eigenvalue weighted by atomic mass is 16.1. The number of benzene rings is 1. The summed E-state index contributed by atoms with van der Waals surface area (Å²) in [6.07, 6.45) is 0.333. The fourth-order valence-corrected chi connectivity index (χ4v) is 2.28. The lowest BCUT2D eigenvalue weighted by molar-refractivity contribution is -0.117. The Morgan fingerprint density at radius 1 is 1.27 bits per heavy atom. The summed E-state index contributed by atoms with van der Waals surface area (Å²) >= 11 is 0. The molecule has 2 heteroatoms. The summed E-state index contributed by atoms with van der Waals surface area (Å²) < 4.78 is 0. The number of carbonyl (C=O) groups is 1. The third kappa shape index (κ3) is 2.82. The van der Waals surface area contributed by atoms with E-state index in [0.29, 0.717) is 12.3 Å². The lowest BCUT2D eigenvalue weighted by Crippen LogP contribution is -2.14. The van der Waals surface area contributed by atoms with Crippen LogP contribution in [0.1, 0.15) is 42.0 Å².